The number of nitrogens with one attached hydrogen (secondary N) is 2. The molecule has 3 aromatic heterocycles. The molecule has 2 atom stereocenters. The summed E-state index contributed by atoms with van der Waals surface area (Å²) in [4.78, 5) is 32.7. The standard InChI is InChI=1S/C32H43N9O2/c1-20-12-14-22(15-13-20)18-41-26-27(33-21(2)23-10-7-11-23)34-29(30-37-32(42)39(3)38-30)35-28(26)36-31(41)40-16-17-43-19-25(40)24-8-5-4-6-9-24/h4-6,8-9,20-23,25H,7,10-19H2,1-3H3,(H,33,34,35)(H,37,38,42)/t20-,21-,22-,25+/m1/s1. The van der Waals surface area contributed by atoms with Crippen molar-refractivity contribution in [2.24, 2.45) is 24.8 Å². The van der Waals surface area contributed by atoms with Crippen LogP contribution in [0, 0.1) is 17.8 Å². The summed E-state index contributed by atoms with van der Waals surface area (Å²) in [5.41, 5.74) is 2.47. The van der Waals surface area contributed by atoms with E-state index in [2.05, 4.69) is 69.0 Å². The summed E-state index contributed by atoms with van der Waals surface area (Å²) in [6.45, 7) is 7.46. The number of hydrogen-bond donors (Lipinski definition) is 2. The molecule has 1 aliphatic heterocycles. The van der Waals surface area contributed by atoms with Gasteiger partial charge in [0.2, 0.25) is 11.8 Å². The molecule has 11 heteroatoms. The highest BCUT2D eigenvalue weighted by molar-refractivity contribution is 5.87. The highest BCUT2D eigenvalue weighted by Gasteiger charge is 2.33. The second-order valence-electron chi connectivity index (χ2n) is 12.9. The number of H-pyrrole nitrogens is 1. The molecule has 2 aliphatic carbocycles. The summed E-state index contributed by atoms with van der Waals surface area (Å²) in [5.74, 6) is 4.35. The average molecular weight is 586 g/mol. The molecule has 0 radical (unpaired) electrons. The number of imidazole rings is 1. The first-order valence-corrected chi connectivity index (χ1v) is 16.0. The van der Waals surface area contributed by atoms with E-state index in [0.717, 1.165) is 36.3 Å². The van der Waals surface area contributed by atoms with Gasteiger partial charge in [0.05, 0.1) is 19.3 Å². The van der Waals surface area contributed by atoms with Crippen LogP contribution in [0.1, 0.15) is 70.4 Å². The van der Waals surface area contributed by atoms with E-state index >= 15 is 0 Å². The molecule has 11 nitrogen and oxygen atoms in total. The minimum Gasteiger partial charge on any atom is -0.377 e. The molecule has 1 saturated heterocycles. The van der Waals surface area contributed by atoms with Crippen molar-refractivity contribution in [3.05, 3.63) is 46.4 Å². The van der Waals surface area contributed by atoms with Crippen LogP contribution in [0.25, 0.3) is 22.8 Å². The van der Waals surface area contributed by atoms with E-state index in [1.54, 1.807) is 7.05 Å². The molecule has 2 N–H and O–H groups in total. The maximum atomic E-state index is 12.3. The molecular formula is C32H43N9O2. The molecule has 0 spiro atoms. The van der Waals surface area contributed by atoms with Crippen LogP contribution < -0.4 is 15.9 Å². The molecule has 43 heavy (non-hydrogen) atoms. The van der Waals surface area contributed by atoms with E-state index < -0.39 is 0 Å². The fourth-order valence-corrected chi connectivity index (χ4v) is 6.96. The summed E-state index contributed by atoms with van der Waals surface area (Å²) in [6, 6.07) is 10.9. The zero-order valence-corrected chi connectivity index (χ0v) is 25.5. The lowest BCUT2D eigenvalue weighted by atomic mass is 9.80. The summed E-state index contributed by atoms with van der Waals surface area (Å²) >= 11 is 0. The minimum absolute atomic E-state index is 0.0433. The Morgan fingerprint density at radius 1 is 1.07 bits per heavy atom. The van der Waals surface area contributed by atoms with E-state index in [4.69, 9.17) is 19.7 Å². The quantitative estimate of drug-likeness (QED) is 0.299. The number of aryl methyl sites for hydroxylation is 1. The number of benzene rings is 1. The highest BCUT2D eigenvalue weighted by Crippen LogP contribution is 2.38. The molecule has 3 aliphatic rings. The van der Waals surface area contributed by atoms with Crippen molar-refractivity contribution in [2.45, 2.75) is 77.4 Å². The Bertz CT molecular complexity index is 1610. The van der Waals surface area contributed by atoms with Gasteiger partial charge in [0.15, 0.2) is 17.3 Å². The Hall–Kier alpha value is -3.73. The maximum absolute atomic E-state index is 12.3. The lowest BCUT2D eigenvalue weighted by molar-refractivity contribution is 0.0927. The maximum Gasteiger partial charge on any atom is 0.343 e. The fourth-order valence-electron chi connectivity index (χ4n) is 6.96. The van der Waals surface area contributed by atoms with Gasteiger partial charge >= 0.3 is 5.69 Å². The van der Waals surface area contributed by atoms with Crippen LogP contribution in [0.5, 0.6) is 0 Å². The molecule has 4 aromatic rings. The van der Waals surface area contributed by atoms with E-state index in [1.165, 1.54) is 55.2 Å². The van der Waals surface area contributed by atoms with Crippen LogP contribution >= 0.6 is 0 Å². The van der Waals surface area contributed by atoms with Gasteiger partial charge in [0.1, 0.15) is 5.52 Å². The van der Waals surface area contributed by atoms with Crippen molar-refractivity contribution in [3.63, 3.8) is 0 Å². The third kappa shape index (κ3) is 5.55. The number of hydrogen-bond acceptors (Lipinski definition) is 8. The van der Waals surface area contributed by atoms with Gasteiger partial charge in [0, 0.05) is 26.2 Å². The second-order valence-corrected chi connectivity index (χ2v) is 12.9. The number of fused-ring (bicyclic) bond motifs is 1. The van der Waals surface area contributed by atoms with Gasteiger partial charge in [-0.3, -0.25) is 4.98 Å². The summed E-state index contributed by atoms with van der Waals surface area (Å²) in [7, 11) is 1.62. The molecule has 0 bridgehead atoms. The van der Waals surface area contributed by atoms with Gasteiger partial charge in [0.25, 0.3) is 0 Å². The molecular weight excluding hydrogens is 542 g/mol. The molecule has 7 rings (SSSR count). The van der Waals surface area contributed by atoms with Crippen LogP contribution in [0.15, 0.2) is 35.1 Å². The molecule has 2 saturated carbocycles. The van der Waals surface area contributed by atoms with Crippen LogP contribution in [-0.2, 0) is 18.3 Å². The number of rotatable bonds is 8. The third-order valence-corrected chi connectivity index (χ3v) is 9.93. The zero-order chi connectivity index (χ0) is 29.5. The first kappa shape index (κ1) is 28.1. The van der Waals surface area contributed by atoms with Crippen molar-refractivity contribution < 1.29 is 4.74 Å². The van der Waals surface area contributed by atoms with Crippen LogP contribution in [-0.4, -0.2) is 60.1 Å². The molecule has 0 unspecified atom stereocenters. The SMILES string of the molecule is C[C@@H](Nc1nc(-c2nn(C)c(=O)[nH]2)nc2nc(N3CCOC[C@H]3c3ccccc3)n(C[C@H]3CC[C@H](C)CC3)c12)C1CCC1. The fraction of sp³-hybridized carbons (Fsp3) is 0.594. The smallest absolute Gasteiger partial charge is 0.343 e. The van der Waals surface area contributed by atoms with Gasteiger partial charge in [-0.15, -0.1) is 5.10 Å². The third-order valence-electron chi connectivity index (χ3n) is 9.93. The number of ether oxygens (including phenoxy) is 1. The van der Waals surface area contributed by atoms with Crippen molar-refractivity contribution >= 4 is 22.9 Å². The molecule has 1 aromatic carbocycles. The highest BCUT2D eigenvalue weighted by atomic mass is 16.5. The number of aromatic nitrogens is 7. The zero-order valence-electron chi connectivity index (χ0n) is 25.5. The first-order valence-electron chi connectivity index (χ1n) is 16.0. The number of morpholine rings is 1. The Kier molecular flexibility index (Phi) is 7.67. The summed E-state index contributed by atoms with van der Waals surface area (Å²) < 4.78 is 9.68. The van der Waals surface area contributed by atoms with Gasteiger partial charge in [-0.1, -0.05) is 56.5 Å². The number of aromatic amines is 1. The largest absolute Gasteiger partial charge is 0.377 e. The number of anilines is 2. The van der Waals surface area contributed by atoms with Crippen molar-refractivity contribution in [1.82, 2.24) is 34.3 Å². The van der Waals surface area contributed by atoms with Crippen molar-refractivity contribution in [1.29, 1.82) is 0 Å². The van der Waals surface area contributed by atoms with Crippen LogP contribution in [0.4, 0.5) is 11.8 Å². The average Bonchev–Trinajstić information content (AvgIpc) is 3.52. The Morgan fingerprint density at radius 2 is 1.86 bits per heavy atom. The van der Waals surface area contributed by atoms with E-state index in [-0.39, 0.29) is 17.8 Å². The molecule has 0 amide bonds. The van der Waals surface area contributed by atoms with Crippen LogP contribution in [0.2, 0.25) is 0 Å². The minimum atomic E-state index is -0.298. The van der Waals surface area contributed by atoms with Gasteiger partial charge in [-0.2, -0.15) is 4.98 Å². The Balaban J connectivity index is 1.39. The number of nitrogens with zero attached hydrogens (tertiary/aromatic N) is 7. The molecule has 228 valence electrons. The monoisotopic (exact) mass is 585 g/mol. The van der Waals surface area contributed by atoms with Crippen molar-refractivity contribution in [2.75, 3.05) is 30.0 Å². The topological polar surface area (TPSA) is 119 Å². The predicted molar refractivity (Wildman–Crippen MR) is 167 cm³/mol. The normalized spacial score (nSPS) is 23.8. The summed E-state index contributed by atoms with van der Waals surface area (Å²) in [6.07, 6.45) is 8.65. The van der Waals surface area contributed by atoms with Crippen molar-refractivity contribution in [3.8, 4) is 11.6 Å². The van der Waals surface area contributed by atoms with Gasteiger partial charge in [-0.05, 0) is 55.9 Å². The Labute approximate surface area is 252 Å². The van der Waals surface area contributed by atoms with Gasteiger partial charge in [-0.25, -0.2) is 19.4 Å². The van der Waals surface area contributed by atoms with Crippen LogP contribution in [0.3, 0.4) is 0 Å². The van der Waals surface area contributed by atoms with E-state index in [1.807, 2.05) is 0 Å². The summed E-state index contributed by atoms with van der Waals surface area (Å²) in [5, 5.41) is 8.16. The van der Waals surface area contributed by atoms with E-state index in [0.29, 0.717) is 42.3 Å². The lowest BCUT2D eigenvalue weighted by Gasteiger charge is -2.37. The Morgan fingerprint density at radius 3 is 2.56 bits per heavy atom. The first-order chi connectivity index (χ1) is 20.9. The molecule has 4 heterocycles. The van der Waals surface area contributed by atoms with Gasteiger partial charge < -0.3 is 19.5 Å². The molecule has 3 fully saturated rings. The predicted octanol–water partition coefficient (Wildman–Crippen LogP) is 4.92. The second kappa shape index (κ2) is 11.7. The van der Waals surface area contributed by atoms with E-state index in [9.17, 15) is 4.79 Å². The lowest BCUT2D eigenvalue weighted by Crippen LogP contribution is -2.41.